The van der Waals surface area contributed by atoms with Crippen LogP contribution in [0.25, 0.3) is 16.9 Å². The SMILES string of the molecule is COc1cccc(-c2cc3n(C)c(C)c(CCC(=O)Nc4ccc(OC)c(Cl)c4)c(=O)n3n2)c1. The van der Waals surface area contributed by atoms with Crippen molar-refractivity contribution < 1.29 is 14.3 Å². The van der Waals surface area contributed by atoms with Crippen molar-refractivity contribution in [1.82, 2.24) is 14.2 Å². The zero-order valence-corrected chi connectivity index (χ0v) is 20.1. The normalized spacial score (nSPS) is 11.0. The summed E-state index contributed by atoms with van der Waals surface area (Å²) in [5, 5.41) is 7.76. The van der Waals surface area contributed by atoms with Crippen molar-refractivity contribution >= 4 is 28.8 Å². The first-order chi connectivity index (χ1) is 16.3. The maximum atomic E-state index is 13.3. The molecule has 4 rings (SSSR count). The lowest BCUT2D eigenvalue weighted by Crippen LogP contribution is -2.26. The van der Waals surface area contributed by atoms with Crippen molar-refractivity contribution in [2.75, 3.05) is 19.5 Å². The van der Waals surface area contributed by atoms with E-state index in [1.807, 2.05) is 48.9 Å². The Morgan fingerprint density at radius 3 is 2.62 bits per heavy atom. The molecule has 0 spiro atoms. The average Bonchev–Trinajstić information content (AvgIpc) is 3.29. The Labute approximate surface area is 201 Å². The molecule has 8 nitrogen and oxygen atoms in total. The number of carbonyl (C=O) groups is 1. The molecule has 0 aliphatic carbocycles. The molecule has 0 saturated carbocycles. The molecule has 2 aromatic carbocycles. The Morgan fingerprint density at radius 1 is 1.12 bits per heavy atom. The standard InChI is InChI=1S/C25H25ClN4O4/c1-15-19(9-11-23(31)27-17-8-10-22(34-4)20(26)13-17)25(32)30-24(29(15)2)14-21(28-30)16-6-5-7-18(12-16)33-3/h5-8,10,12-14H,9,11H2,1-4H3,(H,27,31). The highest BCUT2D eigenvalue weighted by molar-refractivity contribution is 6.32. The number of halogens is 1. The van der Waals surface area contributed by atoms with Gasteiger partial charge in [0.05, 0.1) is 24.9 Å². The van der Waals surface area contributed by atoms with Crippen molar-refractivity contribution in [2.45, 2.75) is 19.8 Å². The van der Waals surface area contributed by atoms with Crippen LogP contribution in [-0.2, 0) is 18.3 Å². The summed E-state index contributed by atoms with van der Waals surface area (Å²) in [6.45, 7) is 1.87. The summed E-state index contributed by atoms with van der Waals surface area (Å²) in [5.74, 6) is 1.02. The summed E-state index contributed by atoms with van der Waals surface area (Å²) in [6.07, 6.45) is 0.410. The number of aromatic nitrogens is 3. The van der Waals surface area contributed by atoms with Crippen molar-refractivity contribution in [3.63, 3.8) is 0 Å². The molecule has 0 atom stereocenters. The second kappa shape index (κ2) is 9.61. The van der Waals surface area contributed by atoms with Gasteiger partial charge in [0.15, 0.2) is 0 Å². The Hall–Kier alpha value is -3.78. The van der Waals surface area contributed by atoms with E-state index in [9.17, 15) is 9.59 Å². The topological polar surface area (TPSA) is 86.9 Å². The first-order valence-electron chi connectivity index (χ1n) is 10.7. The van der Waals surface area contributed by atoms with E-state index in [1.54, 1.807) is 25.3 Å². The quantitative estimate of drug-likeness (QED) is 0.427. The molecule has 0 radical (unpaired) electrons. The number of benzene rings is 2. The highest BCUT2D eigenvalue weighted by atomic mass is 35.5. The lowest BCUT2D eigenvalue weighted by molar-refractivity contribution is -0.116. The van der Waals surface area contributed by atoms with Crippen LogP contribution in [0.4, 0.5) is 5.69 Å². The van der Waals surface area contributed by atoms with Crippen LogP contribution in [0.2, 0.25) is 5.02 Å². The molecule has 176 valence electrons. The third kappa shape index (κ3) is 4.49. The Balaban J connectivity index is 1.58. The molecule has 0 unspecified atom stereocenters. The van der Waals surface area contributed by atoms with E-state index in [-0.39, 0.29) is 24.3 Å². The van der Waals surface area contributed by atoms with Gasteiger partial charge in [-0.05, 0) is 43.7 Å². The molecule has 0 fully saturated rings. The minimum atomic E-state index is -0.236. The fraction of sp³-hybridized carbons (Fsp3) is 0.240. The highest BCUT2D eigenvalue weighted by Gasteiger charge is 2.17. The molecule has 34 heavy (non-hydrogen) atoms. The van der Waals surface area contributed by atoms with Crippen molar-refractivity contribution in [3.8, 4) is 22.8 Å². The largest absolute Gasteiger partial charge is 0.497 e. The van der Waals surface area contributed by atoms with Gasteiger partial charge in [0.25, 0.3) is 5.56 Å². The number of ether oxygens (including phenoxy) is 2. The molecule has 2 heterocycles. The second-order valence-corrected chi connectivity index (χ2v) is 8.26. The van der Waals surface area contributed by atoms with E-state index >= 15 is 0 Å². The van der Waals surface area contributed by atoms with Gasteiger partial charge < -0.3 is 19.4 Å². The van der Waals surface area contributed by atoms with Crippen LogP contribution >= 0.6 is 11.6 Å². The van der Waals surface area contributed by atoms with Crippen LogP contribution in [0.5, 0.6) is 11.5 Å². The van der Waals surface area contributed by atoms with Crippen LogP contribution in [0.15, 0.2) is 53.3 Å². The van der Waals surface area contributed by atoms with E-state index in [1.165, 1.54) is 11.6 Å². The van der Waals surface area contributed by atoms with Crippen LogP contribution in [0.1, 0.15) is 17.7 Å². The van der Waals surface area contributed by atoms with Gasteiger partial charge in [-0.3, -0.25) is 9.59 Å². The zero-order chi connectivity index (χ0) is 24.4. The van der Waals surface area contributed by atoms with Crippen molar-refractivity contribution in [2.24, 2.45) is 7.05 Å². The van der Waals surface area contributed by atoms with Gasteiger partial charge in [0.2, 0.25) is 5.91 Å². The van der Waals surface area contributed by atoms with Gasteiger partial charge in [0.1, 0.15) is 17.1 Å². The van der Waals surface area contributed by atoms with Crippen molar-refractivity contribution in [1.29, 1.82) is 0 Å². The summed E-state index contributed by atoms with van der Waals surface area (Å²) in [6, 6.07) is 14.4. The molecule has 9 heteroatoms. The number of methoxy groups -OCH3 is 2. The van der Waals surface area contributed by atoms with Gasteiger partial charge in [-0.15, -0.1) is 0 Å². The monoisotopic (exact) mass is 480 g/mol. The third-order valence-corrected chi connectivity index (χ3v) is 6.12. The Bertz CT molecular complexity index is 1440. The molecule has 1 N–H and O–H groups in total. The summed E-state index contributed by atoms with van der Waals surface area (Å²) in [7, 11) is 5.01. The number of aryl methyl sites for hydroxylation is 1. The number of anilines is 1. The van der Waals surface area contributed by atoms with Gasteiger partial charge in [-0.2, -0.15) is 9.61 Å². The third-order valence-electron chi connectivity index (χ3n) is 5.83. The first-order valence-corrected chi connectivity index (χ1v) is 11.1. The summed E-state index contributed by atoms with van der Waals surface area (Å²) >= 11 is 6.13. The van der Waals surface area contributed by atoms with E-state index in [2.05, 4.69) is 10.4 Å². The molecular weight excluding hydrogens is 456 g/mol. The summed E-state index contributed by atoms with van der Waals surface area (Å²) in [4.78, 5) is 25.8. The predicted octanol–water partition coefficient (Wildman–Crippen LogP) is 4.25. The molecular formula is C25H25ClN4O4. The van der Waals surface area contributed by atoms with Crippen LogP contribution < -0.4 is 20.3 Å². The maximum Gasteiger partial charge on any atom is 0.277 e. The smallest absolute Gasteiger partial charge is 0.277 e. The molecule has 0 bridgehead atoms. The minimum absolute atomic E-state index is 0.134. The Morgan fingerprint density at radius 2 is 1.91 bits per heavy atom. The fourth-order valence-corrected chi connectivity index (χ4v) is 4.09. The molecule has 0 aliphatic rings. The van der Waals surface area contributed by atoms with E-state index in [0.717, 1.165) is 11.3 Å². The number of carbonyl (C=O) groups excluding carboxylic acids is 1. The highest BCUT2D eigenvalue weighted by Crippen LogP contribution is 2.27. The first kappa shape index (κ1) is 23.4. The lowest BCUT2D eigenvalue weighted by atomic mass is 10.1. The van der Waals surface area contributed by atoms with Crippen LogP contribution in [-0.4, -0.2) is 34.3 Å². The molecule has 1 amide bonds. The summed E-state index contributed by atoms with van der Waals surface area (Å²) < 4.78 is 13.7. The van der Waals surface area contributed by atoms with Crippen molar-refractivity contribution in [3.05, 3.63) is 75.2 Å². The average molecular weight is 481 g/mol. The number of fused-ring (bicyclic) bond motifs is 1. The Kier molecular flexibility index (Phi) is 6.61. The maximum absolute atomic E-state index is 13.3. The number of nitrogens with one attached hydrogen (secondary N) is 1. The molecule has 0 saturated heterocycles. The number of hydrogen-bond donors (Lipinski definition) is 1. The fourth-order valence-electron chi connectivity index (χ4n) is 3.83. The molecule has 0 aliphatic heterocycles. The van der Waals surface area contributed by atoms with Gasteiger partial charge in [0, 0.05) is 42.0 Å². The number of hydrogen-bond acceptors (Lipinski definition) is 5. The predicted molar refractivity (Wildman–Crippen MR) is 132 cm³/mol. The number of nitrogens with zero attached hydrogens (tertiary/aromatic N) is 3. The van der Waals surface area contributed by atoms with Gasteiger partial charge in [-0.1, -0.05) is 23.7 Å². The van der Waals surface area contributed by atoms with Crippen LogP contribution in [0.3, 0.4) is 0 Å². The number of amides is 1. The zero-order valence-electron chi connectivity index (χ0n) is 19.4. The lowest BCUT2D eigenvalue weighted by Gasteiger charge is -2.12. The van der Waals surface area contributed by atoms with E-state index in [0.29, 0.717) is 39.1 Å². The van der Waals surface area contributed by atoms with Gasteiger partial charge in [-0.25, -0.2) is 0 Å². The minimum Gasteiger partial charge on any atom is -0.497 e. The van der Waals surface area contributed by atoms with E-state index < -0.39 is 0 Å². The second-order valence-electron chi connectivity index (χ2n) is 7.86. The molecule has 4 aromatic rings. The van der Waals surface area contributed by atoms with E-state index in [4.69, 9.17) is 21.1 Å². The number of rotatable bonds is 7. The summed E-state index contributed by atoms with van der Waals surface area (Å²) in [5.41, 5.74) is 3.83. The molecule has 2 aromatic heterocycles. The van der Waals surface area contributed by atoms with Gasteiger partial charge >= 0.3 is 0 Å². The van der Waals surface area contributed by atoms with Crippen LogP contribution in [0, 0.1) is 6.92 Å².